The average molecular weight is 607 g/mol. The average Bonchev–Trinajstić information content (AvgIpc) is 3.02. The van der Waals surface area contributed by atoms with Crippen molar-refractivity contribution >= 4 is 40.7 Å². The van der Waals surface area contributed by atoms with Crippen LogP contribution >= 0.6 is 0 Å². The van der Waals surface area contributed by atoms with E-state index in [1.54, 1.807) is 19.9 Å². The number of nitrogens with zero attached hydrogens (tertiary/aromatic N) is 2. The number of hydrogen-bond acceptors (Lipinski definition) is 8. The molecule has 0 bridgehead atoms. The molecule has 1 aromatic heterocycles. The van der Waals surface area contributed by atoms with Gasteiger partial charge in [0.25, 0.3) is 5.91 Å². The summed E-state index contributed by atoms with van der Waals surface area (Å²) >= 11 is 0. The maximum atomic E-state index is 13.3. The lowest BCUT2D eigenvalue weighted by Crippen LogP contribution is -2.61. The molecule has 2 aliphatic rings. The number of aromatic nitrogens is 1. The van der Waals surface area contributed by atoms with E-state index < -0.39 is 41.5 Å². The third-order valence-electron chi connectivity index (χ3n) is 8.64. The van der Waals surface area contributed by atoms with Gasteiger partial charge in [0.2, 0.25) is 11.8 Å². The van der Waals surface area contributed by atoms with E-state index >= 15 is 0 Å². The van der Waals surface area contributed by atoms with Crippen molar-refractivity contribution in [3.05, 3.63) is 48.2 Å². The van der Waals surface area contributed by atoms with Gasteiger partial charge in [-0.25, -0.2) is 10.4 Å². The molecule has 4 rings (SSSR count). The van der Waals surface area contributed by atoms with Gasteiger partial charge in [-0.05, 0) is 76.2 Å². The number of piperidine rings is 1. The summed E-state index contributed by atoms with van der Waals surface area (Å²) in [6.45, 7) is 14.7. The van der Waals surface area contributed by atoms with Crippen LogP contribution in [-0.2, 0) is 23.9 Å². The first-order valence-corrected chi connectivity index (χ1v) is 15.5. The van der Waals surface area contributed by atoms with Crippen molar-refractivity contribution in [1.29, 1.82) is 0 Å². The number of pyridine rings is 1. The van der Waals surface area contributed by atoms with Crippen molar-refractivity contribution in [3.63, 3.8) is 0 Å². The Morgan fingerprint density at radius 3 is 2.48 bits per heavy atom. The van der Waals surface area contributed by atoms with Gasteiger partial charge in [0.1, 0.15) is 24.2 Å². The second kappa shape index (κ2) is 14.3. The van der Waals surface area contributed by atoms with E-state index in [-0.39, 0.29) is 17.7 Å². The maximum Gasteiger partial charge on any atom is 0.325 e. The Balaban J connectivity index is 1.33. The Bertz CT molecular complexity index is 1390. The Labute approximate surface area is 259 Å². The summed E-state index contributed by atoms with van der Waals surface area (Å²) in [5.41, 5.74) is 4.80. The molecule has 2 aliphatic heterocycles. The Morgan fingerprint density at radius 1 is 1.09 bits per heavy atom. The first-order valence-electron chi connectivity index (χ1n) is 15.5. The number of nitrogens with one attached hydrogen (secondary N) is 4. The number of hydrazine groups is 1. The molecule has 2 saturated heterocycles. The first kappa shape index (κ1) is 33.1. The highest BCUT2D eigenvalue weighted by Crippen LogP contribution is 2.28. The quantitative estimate of drug-likeness (QED) is 0.303. The minimum absolute atomic E-state index is 0.152. The van der Waals surface area contributed by atoms with Crippen LogP contribution in [0.2, 0.25) is 0 Å². The van der Waals surface area contributed by atoms with Crippen molar-refractivity contribution < 1.29 is 23.9 Å². The third kappa shape index (κ3) is 7.81. The molecule has 11 heteroatoms. The minimum atomic E-state index is -0.876. The van der Waals surface area contributed by atoms with E-state index in [0.717, 1.165) is 29.6 Å². The van der Waals surface area contributed by atoms with Crippen molar-refractivity contribution in [2.75, 3.05) is 19.6 Å². The van der Waals surface area contributed by atoms with Crippen molar-refractivity contribution in [2.24, 2.45) is 11.3 Å². The van der Waals surface area contributed by atoms with Crippen LogP contribution in [-0.4, -0.2) is 71.4 Å². The number of carbonyl (C=O) groups is 4. The van der Waals surface area contributed by atoms with Crippen LogP contribution in [0.15, 0.2) is 36.9 Å². The molecule has 238 valence electrons. The molecule has 3 amide bonds. The molecule has 0 unspecified atom stereocenters. The van der Waals surface area contributed by atoms with Crippen molar-refractivity contribution in [1.82, 2.24) is 31.4 Å². The van der Waals surface area contributed by atoms with Gasteiger partial charge in [-0.3, -0.25) is 24.2 Å². The van der Waals surface area contributed by atoms with E-state index in [1.807, 2.05) is 51.1 Å². The van der Waals surface area contributed by atoms with Gasteiger partial charge < -0.3 is 20.7 Å². The molecule has 1 aromatic carbocycles. The molecule has 0 saturated carbocycles. The zero-order chi connectivity index (χ0) is 32.0. The summed E-state index contributed by atoms with van der Waals surface area (Å²) in [7, 11) is 0. The normalized spacial score (nSPS) is 20.3. The fourth-order valence-corrected chi connectivity index (χ4v) is 5.59. The SMILES string of the molecule is C=Cc1ccc2ccc([C@@H](C)OC(=O)[C@@H]3CCCN(C(=O)[C@H](C)NC(=O)[C@@H](NC(=O)C4(C)CCNCC4)C(C)C)N3)nc2c1. The monoisotopic (exact) mass is 606 g/mol. The highest BCUT2D eigenvalue weighted by molar-refractivity contribution is 5.93. The fraction of sp³-hybridized carbons (Fsp3) is 0.545. The van der Waals surface area contributed by atoms with Gasteiger partial charge in [0.15, 0.2) is 0 Å². The van der Waals surface area contributed by atoms with E-state index in [4.69, 9.17) is 4.74 Å². The number of ether oxygens (including phenoxy) is 1. The van der Waals surface area contributed by atoms with Gasteiger partial charge in [-0.1, -0.05) is 51.6 Å². The van der Waals surface area contributed by atoms with Crippen molar-refractivity contribution in [2.45, 2.75) is 84.5 Å². The lowest BCUT2D eigenvalue weighted by Gasteiger charge is -2.36. The molecule has 4 atom stereocenters. The Morgan fingerprint density at radius 2 is 1.80 bits per heavy atom. The lowest BCUT2D eigenvalue weighted by atomic mass is 9.79. The predicted octanol–water partition coefficient (Wildman–Crippen LogP) is 3.01. The molecule has 0 radical (unpaired) electrons. The topological polar surface area (TPSA) is 142 Å². The molecule has 0 aliphatic carbocycles. The van der Waals surface area contributed by atoms with Gasteiger partial charge >= 0.3 is 5.97 Å². The summed E-state index contributed by atoms with van der Waals surface area (Å²) in [5, 5.41) is 11.3. The molecule has 11 nitrogen and oxygen atoms in total. The number of hydrogen-bond donors (Lipinski definition) is 4. The molecule has 2 aromatic rings. The summed E-state index contributed by atoms with van der Waals surface area (Å²) in [6, 6.07) is 7.25. The maximum absolute atomic E-state index is 13.3. The standard InChI is InChI=1S/C33H46N6O5/c1-7-23-10-11-24-12-13-25(36-27(24)19-23)22(5)44-31(42)26-9-8-18-39(38-26)30(41)21(4)35-29(40)28(20(2)3)37-32(43)33(6)14-16-34-17-15-33/h7,10-13,19-22,26,28,34,38H,1,8-9,14-18H2,2-6H3,(H,35,40)(H,37,43)/t21-,22+,26-,28-/m0/s1. The smallest absolute Gasteiger partial charge is 0.325 e. The summed E-state index contributed by atoms with van der Waals surface area (Å²) in [5.74, 6) is -1.61. The minimum Gasteiger partial charge on any atom is -0.455 e. The van der Waals surface area contributed by atoms with Crippen molar-refractivity contribution in [3.8, 4) is 0 Å². The number of fused-ring (bicyclic) bond motifs is 1. The molecular formula is C33H46N6O5. The molecular weight excluding hydrogens is 560 g/mol. The van der Waals surface area contributed by atoms with Crippen LogP contribution < -0.4 is 21.4 Å². The molecule has 3 heterocycles. The Kier molecular flexibility index (Phi) is 10.7. The summed E-state index contributed by atoms with van der Waals surface area (Å²) < 4.78 is 5.75. The number of esters is 1. The highest BCUT2D eigenvalue weighted by atomic mass is 16.5. The van der Waals surface area contributed by atoms with Gasteiger partial charge in [-0.15, -0.1) is 0 Å². The third-order valence-corrected chi connectivity index (χ3v) is 8.64. The van der Waals surface area contributed by atoms with Crippen LogP contribution in [0, 0.1) is 11.3 Å². The van der Waals surface area contributed by atoms with E-state index in [0.29, 0.717) is 37.9 Å². The van der Waals surface area contributed by atoms with Gasteiger partial charge in [-0.2, -0.15) is 0 Å². The van der Waals surface area contributed by atoms with E-state index in [1.165, 1.54) is 5.01 Å². The van der Waals surface area contributed by atoms with Gasteiger partial charge in [0.05, 0.1) is 11.2 Å². The molecule has 44 heavy (non-hydrogen) atoms. The van der Waals surface area contributed by atoms with Gasteiger partial charge in [0, 0.05) is 17.3 Å². The van der Waals surface area contributed by atoms with Crippen LogP contribution in [0.3, 0.4) is 0 Å². The zero-order valence-corrected chi connectivity index (χ0v) is 26.4. The van der Waals surface area contributed by atoms with Crippen LogP contribution in [0.5, 0.6) is 0 Å². The predicted molar refractivity (Wildman–Crippen MR) is 169 cm³/mol. The van der Waals surface area contributed by atoms with Crippen LogP contribution in [0.25, 0.3) is 17.0 Å². The fourth-order valence-electron chi connectivity index (χ4n) is 5.59. The van der Waals surface area contributed by atoms with E-state index in [9.17, 15) is 19.2 Å². The summed E-state index contributed by atoms with van der Waals surface area (Å²) in [4.78, 5) is 57.4. The largest absolute Gasteiger partial charge is 0.455 e. The number of carbonyl (C=O) groups excluding carboxylic acids is 4. The molecule has 2 fully saturated rings. The summed E-state index contributed by atoms with van der Waals surface area (Å²) in [6.07, 6.45) is 3.63. The highest BCUT2D eigenvalue weighted by Gasteiger charge is 2.38. The second-order valence-electron chi connectivity index (χ2n) is 12.5. The lowest BCUT2D eigenvalue weighted by molar-refractivity contribution is -0.157. The number of amides is 3. The second-order valence-corrected chi connectivity index (χ2v) is 12.5. The van der Waals surface area contributed by atoms with Crippen LogP contribution in [0.1, 0.15) is 77.7 Å². The van der Waals surface area contributed by atoms with Crippen LogP contribution in [0.4, 0.5) is 0 Å². The van der Waals surface area contributed by atoms with E-state index in [2.05, 4.69) is 32.9 Å². The number of benzene rings is 1. The Hall–Kier alpha value is -3.83. The first-order chi connectivity index (χ1) is 20.9. The molecule has 0 spiro atoms. The molecule has 4 N–H and O–H groups in total. The zero-order valence-electron chi connectivity index (χ0n) is 26.4. The number of rotatable bonds is 10.